The summed E-state index contributed by atoms with van der Waals surface area (Å²) in [6, 6.07) is 8.29. The molecule has 0 amide bonds. The fourth-order valence-electron chi connectivity index (χ4n) is 2.87. The lowest BCUT2D eigenvalue weighted by molar-refractivity contribution is 0.129. The van der Waals surface area contributed by atoms with Gasteiger partial charge in [-0.3, -0.25) is 4.99 Å². The highest BCUT2D eigenvalue weighted by Crippen LogP contribution is 2.15. The minimum atomic E-state index is 0.803. The van der Waals surface area contributed by atoms with Crippen LogP contribution in [0, 0.1) is 6.92 Å². The van der Waals surface area contributed by atoms with Crippen LogP contribution in [0.3, 0.4) is 0 Å². The lowest BCUT2D eigenvalue weighted by Crippen LogP contribution is -2.38. The Labute approximate surface area is 157 Å². The molecule has 6 heteroatoms. The summed E-state index contributed by atoms with van der Waals surface area (Å²) in [6.45, 7) is 8.60. The summed E-state index contributed by atoms with van der Waals surface area (Å²) in [6.07, 6.45) is 4.33. The Hall–Kier alpha value is -2.08. The summed E-state index contributed by atoms with van der Waals surface area (Å²) in [5.74, 6) is 1.92. The van der Waals surface area contributed by atoms with Gasteiger partial charge in [0.05, 0.1) is 11.0 Å². The second-order valence-corrected chi connectivity index (χ2v) is 6.40. The summed E-state index contributed by atoms with van der Waals surface area (Å²) in [7, 11) is 1.81. The molecule has 2 aromatic rings. The highest BCUT2D eigenvalue weighted by Gasteiger charge is 2.06. The topological polar surface area (TPSA) is 63.5 Å². The molecule has 1 aromatic carbocycles. The smallest absolute Gasteiger partial charge is 0.190 e. The van der Waals surface area contributed by atoms with Crippen LogP contribution in [0.1, 0.15) is 38.4 Å². The third kappa shape index (κ3) is 6.33. The van der Waals surface area contributed by atoms with E-state index >= 15 is 0 Å². The van der Waals surface area contributed by atoms with Gasteiger partial charge < -0.3 is 19.9 Å². The van der Waals surface area contributed by atoms with Crippen LogP contribution in [0.5, 0.6) is 0 Å². The first-order valence-corrected chi connectivity index (χ1v) is 9.70. The van der Waals surface area contributed by atoms with E-state index in [1.807, 2.05) is 6.07 Å². The van der Waals surface area contributed by atoms with E-state index in [9.17, 15) is 0 Å². The molecule has 1 heterocycles. The Morgan fingerprint density at radius 3 is 2.62 bits per heavy atom. The highest BCUT2D eigenvalue weighted by molar-refractivity contribution is 5.79. The average Bonchev–Trinajstić information content (AvgIpc) is 2.98. The third-order valence-electron chi connectivity index (χ3n) is 4.32. The molecule has 0 bridgehead atoms. The molecule has 2 N–H and O–H groups in total. The lowest BCUT2D eigenvalue weighted by atomic mass is 10.3. The fourth-order valence-corrected chi connectivity index (χ4v) is 2.87. The molecule has 0 radical (unpaired) electrons. The van der Waals surface area contributed by atoms with Crippen molar-refractivity contribution in [2.45, 2.75) is 46.1 Å². The summed E-state index contributed by atoms with van der Waals surface area (Å²) in [5, 5.41) is 6.71. The maximum atomic E-state index is 5.57. The van der Waals surface area contributed by atoms with Crippen molar-refractivity contribution in [2.75, 3.05) is 33.4 Å². The zero-order valence-electron chi connectivity index (χ0n) is 16.4. The monoisotopic (exact) mass is 359 g/mol. The first-order chi connectivity index (χ1) is 12.8. The number of hydrogen-bond donors (Lipinski definition) is 2. The molecule has 0 aliphatic carbocycles. The van der Waals surface area contributed by atoms with Gasteiger partial charge in [0, 0.05) is 39.9 Å². The van der Waals surface area contributed by atoms with Gasteiger partial charge in [-0.15, -0.1) is 0 Å². The van der Waals surface area contributed by atoms with E-state index in [4.69, 9.17) is 4.74 Å². The number of ether oxygens (including phenoxy) is 1. The van der Waals surface area contributed by atoms with Crippen molar-refractivity contribution in [3.05, 3.63) is 30.1 Å². The van der Waals surface area contributed by atoms with Crippen LogP contribution in [0.25, 0.3) is 11.0 Å². The maximum absolute atomic E-state index is 5.57. The van der Waals surface area contributed by atoms with Gasteiger partial charge in [-0.05, 0) is 38.3 Å². The van der Waals surface area contributed by atoms with Crippen LogP contribution in [0.2, 0.25) is 0 Å². The minimum Gasteiger partial charge on any atom is -0.381 e. The van der Waals surface area contributed by atoms with Crippen LogP contribution in [-0.2, 0) is 11.3 Å². The second-order valence-electron chi connectivity index (χ2n) is 6.40. The van der Waals surface area contributed by atoms with Crippen molar-refractivity contribution in [1.82, 2.24) is 20.2 Å². The van der Waals surface area contributed by atoms with Crippen LogP contribution in [0.15, 0.2) is 29.3 Å². The predicted octanol–water partition coefficient (Wildman–Crippen LogP) is 3.11. The van der Waals surface area contributed by atoms with E-state index in [2.05, 4.69) is 57.2 Å². The zero-order valence-corrected chi connectivity index (χ0v) is 16.4. The SMILES string of the molecule is CCCCOCCCNC(=NC)NCCCn1c(C)nc2ccccc21. The van der Waals surface area contributed by atoms with E-state index in [0.717, 1.165) is 69.4 Å². The Morgan fingerprint density at radius 1 is 1.12 bits per heavy atom. The summed E-state index contributed by atoms with van der Waals surface area (Å²) < 4.78 is 7.85. The molecule has 0 fully saturated rings. The Bertz CT molecular complexity index is 680. The number of para-hydroxylation sites is 2. The summed E-state index contributed by atoms with van der Waals surface area (Å²) >= 11 is 0. The molecule has 0 aliphatic heterocycles. The maximum Gasteiger partial charge on any atom is 0.190 e. The van der Waals surface area contributed by atoms with E-state index < -0.39 is 0 Å². The number of benzene rings is 1. The molecule has 0 saturated carbocycles. The first-order valence-electron chi connectivity index (χ1n) is 9.70. The number of guanidine groups is 1. The number of nitrogens with zero attached hydrogens (tertiary/aromatic N) is 3. The van der Waals surface area contributed by atoms with Crippen molar-refractivity contribution in [3.8, 4) is 0 Å². The van der Waals surface area contributed by atoms with Gasteiger partial charge in [-0.1, -0.05) is 25.5 Å². The molecule has 0 spiro atoms. The van der Waals surface area contributed by atoms with Gasteiger partial charge in [-0.25, -0.2) is 4.98 Å². The second kappa shape index (κ2) is 11.5. The molecular weight excluding hydrogens is 326 g/mol. The van der Waals surface area contributed by atoms with Gasteiger partial charge in [0.25, 0.3) is 0 Å². The number of unbranched alkanes of at least 4 members (excludes halogenated alkanes) is 1. The lowest BCUT2D eigenvalue weighted by Gasteiger charge is -2.12. The van der Waals surface area contributed by atoms with Gasteiger partial charge >= 0.3 is 0 Å². The molecule has 144 valence electrons. The Kier molecular flexibility index (Phi) is 8.96. The molecule has 1 aromatic heterocycles. The number of aryl methyl sites for hydroxylation is 2. The number of aliphatic imine (C=N–C) groups is 1. The van der Waals surface area contributed by atoms with E-state index in [0.29, 0.717) is 0 Å². The summed E-state index contributed by atoms with van der Waals surface area (Å²) in [5.41, 5.74) is 2.27. The normalized spacial score (nSPS) is 11.9. The number of imidazole rings is 1. The number of rotatable bonds is 11. The minimum absolute atomic E-state index is 0.803. The third-order valence-corrected chi connectivity index (χ3v) is 4.32. The average molecular weight is 360 g/mol. The Morgan fingerprint density at radius 2 is 1.85 bits per heavy atom. The molecule has 6 nitrogen and oxygen atoms in total. The fraction of sp³-hybridized carbons (Fsp3) is 0.600. The largest absolute Gasteiger partial charge is 0.381 e. The van der Waals surface area contributed by atoms with Gasteiger partial charge in [0.2, 0.25) is 0 Å². The quantitative estimate of drug-likeness (QED) is 0.368. The van der Waals surface area contributed by atoms with Crippen LogP contribution >= 0.6 is 0 Å². The number of aromatic nitrogens is 2. The van der Waals surface area contributed by atoms with Crippen molar-refractivity contribution in [3.63, 3.8) is 0 Å². The van der Waals surface area contributed by atoms with Crippen LogP contribution < -0.4 is 10.6 Å². The zero-order chi connectivity index (χ0) is 18.6. The molecule has 0 saturated heterocycles. The molecule has 2 rings (SSSR count). The van der Waals surface area contributed by atoms with Gasteiger partial charge in [0.15, 0.2) is 5.96 Å². The molecular formula is C20H33N5O. The van der Waals surface area contributed by atoms with Gasteiger partial charge in [0.1, 0.15) is 5.82 Å². The number of nitrogens with one attached hydrogen (secondary N) is 2. The van der Waals surface area contributed by atoms with Crippen molar-refractivity contribution in [2.24, 2.45) is 4.99 Å². The van der Waals surface area contributed by atoms with E-state index in [1.165, 1.54) is 11.9 Å². The number of fused-ring (bicyclic) bond motifs is 1. The Balaban J connectivity index is 1.64. The van der Waals surface area contributed by atoms with Crippen molar-refractivity contribution in [1.29, 1.82) is 0 Å². The molecule has 0 atom stereocenters. The summed E-state index contributed by atoms with van der Waals surface area (Å²) in [4.78, 5) is 8.89. The molecule has 26 heavy (non-hydrogen) atoms. The molecule has 0 aliphatic rings. The van der Waals surface area contributed by atoms with Crippen LogP contribution in [0.4, 0.5) is 0 Å². The standard InChI is InChI=1S/C20H33N5O/c1-4-5-15-26-16-9-13-23-20(21-3)22-12-8-14-25-17(2)24-18-10-6-7-11-19(18)25/h6-7,10-11H,4-5,8-9,12-16H2,1-3H3,(H2,21,22,23). The predicted molar refractivity (Wildman–Crippen MR) is 109 cm³/mol. The molecule has 0 unspecified atom stereocenters. The first kappa shape index (κ1) is 20.2. The van der Waals surface area contributed by atoms with E-state index in [1.54, 1.807) is 7.05 Å². The van der Waals surface area contributed by atoms with Crippen molar-refractivity contribution < 1.29 is 4.74 Å². The number of hydrogen-bond acceptors (Lipinski definition) is 3. The van der Waals surface area contributed by atoms with E-state index in [-0.39, 0.29) is 0 Å². The van der Waals surface area contributed by atoms with Crippen molar-refractivity contribution >= 4 is 17.0 Å². The van der Waals surface area contributed by atoms with Crippen LogP contribution in [-0.4, -0.2) is 48.9 Å². The van der Waals surface area contributed by atoms with Gasteiger partial charge in [-0.2, -0.15) is 0 Å². The highest BCUT2D eigenvalue weighted by atomic mass is 16.5.